The third-order valence-electron chi connectivity index (χ3n) is 4.24. The third-order valence-corrected chi connectivity index (χ3v) is 4.24. The first-order valence-corrected chi connectivity index (χ1v) is 7.98. The quantitative estimate of drug-likeness (QED) is 0.797. The van der Waals surface area contributed by atoms with Crippen molar-refractivity contribution in [2.45, 2.75) is 44.7 Å². The van der Waals surface area contributed by atoms with Gasteiger partial charge >= 0.3 is 12.1 Å². The Morgan fingerprint density at radius 1 is 1.33 bits per heavy atom. The van der Waals surface area contributed by atoms with Gasteiger partial charge in [0.05, 0.1) is 12.6 Å². The smallest absolute Gasteiger partial charge is 0.412 e. The number of carbonyl (C=O) groups excluding carboxylic acids is 2. The Morgan fingerprint density at radius 3 is 2.79 bits per heavy atom. The first kappa shape index (κ1) is 16.5. The van der Waals surface area contributed by atoms with Crippen molar-refractivity contribution in [3.63, 3.8) is 0 Å². The summed E-state index contributed by atoms with van der Waals surface area (Å²) in [6, 6.07) is 9.11. The fourth-order valence-electron chi connectivity index (χ4n) is 3.02. The number of rotatable bonds is 3. The zero-order valence-corrected chi connectivity index (χ0v) is 13.8. The molecule has 0 saturated carbocycles. The van der Waals surface area contributed by atoms with Crippen molar-refractivity contribution in [1.29, 1.82) is 0 Å². The minimum atomic E-state index is -0.813. The summed E-state index contributed by atoms with van der Waals surface area (Å²) in [4.78, 5) is 25.7. The average molecular weight is 331 g/mol. The molecule has 128 valence electrons. The van der Waals surface area contributed by atoms with Crippen LogP contribution < -0.4 is 0 Å². The average Bonchev–Trinajstić information content (AvgIpc) is 2.89. The van der Waals surface area contributed by atoms with Gasteiger partial charge in [0.15, 0.2) is 0 Å². The number of carbonyl (C=O) groups is 2. The van der Waals surface area contributed by atoms with Gasteiger partial charge in [-0.1, -0.05) is 36.4 Å². The van der Waals surface area contributed by atoms with Crippen molar-refractivity contribution >= 4 is 12.1 Å². The van der Waals surface area contributed by atoms with Crippen molar-refractivity contribution in [2.24, 2.45) is 0 Å². The molecule has 6 heteroatoms. The van der Waals surface area contributed by atoms with Gasteiger partial charge in [-0.15, -0.1) is 0 Å². The van der Waals surface area contributed by atoms with Crippen LogP contribution in [0.5, 0.6) is 0 Å². The van der Waals surface area contributed by atoms with E-state index in [1.807, 2.05) is 30.3 Å². The number of hydrogen-bond donors (Lipinski definition) is 0. The van der Waals surface area contributed by atoms with E-state index in [9.17, 15) is 9.59 Å². The summed E-state index contributed by atoms with van der Waals surface area (Å²) in [5.74, 6) is -0.395. The summed E-state index contributed by atoms with van der Waals surface area (Å²) in [5, 5.41) is 0. The highest BCUT2D eigenvalue weighted by atomic mass is 16.6. The maximum Gasteiger partial charge on any atom is 0.412 e. The predicted octanol–water partition coefficient (Wildman–Crippen LogP) is 2.63. The van der Waals surface area contributed by atoms with Gasteiger partial charge in [-0.25, -0.2) is 9.59 Å². The first-order chi connectivity index (χ1) is 11.5. The zero-order chi connectivity index (χ0) is 17.2. The molecule has 0 N–H and O–H groups in total. The minimum absolute atomic E-state index is 0.184. The number of cyclic esters (lactones) is 1. The van der Waals surface area contributed by atoms with E-state index < -0.39 is 23.9 Å². The topological polar surface area (TPSA) is 65.1 Å². The second-order valence-electron chi connectivity index (χ2n) is 6.35. The van der Waals surface area contributed by atoms with E-state index in [0.29, 0.717) is 13.0 Å². The molecule has 3 rings (SSSR count). The van der Waals surface area contributed by atoms with E-state index in [1.165, 1.54) is 11.0 Å². The number of hydrogen-bond acceptors (Lipinski definition) is 5. The summed E-state index contributed by atoms with van der Waals surface area (Å²) in [6.45, 7) is 4.09. The van der Waals surface area contributed by atoms with Crippen LogP contribution in [0.1, 0.15) is 25.8 Å². The van der Waals surface area contributed by atoms with Crippen molar-refractivity contribution in [2.75, 3.05) is 6.61 Å². The molecule has 1 fully saturated rings. The van der Waals surface area contributed by atoms with E-state index in [-0.39, 0.29) is 12.6 Å². The molecule has 0 radical (unpaired) electrons. The molecular weight excluding hydrogens is 310 g/mol. The van der Waals surface area contributed by atoms with Crippen LogP contribution in [0.25, 0.3) is 0 Å². The molecule has 2 atom stereocenters. The molecule has 6 nitrogen and oxygen atoms in total. The van der Waals surface area contributed by atoms with E-state index in [4.69, 9.17) is 14.2 Å². The third kappa shape index (κ3) is 3.43. The highest BCUT2D eigenvalue weighted by molar-refractivity contribution is 5.83. The Bertz CT molecular complexity index is 640. The Morgan fingerprint density at radius 2 is 2.08 bits per heavy atom. The lowest BCUT2D eigenvalue weighted by atomic mass is 10.0. The van der Waals surface area contributed by atoms with Crippen LogP contribution in [0, 0.1) is 0 Å². The van der Waals surface area contributed by atoms with Gasteiger partial charge in [0.1, 0.15) is 18.4 Å². The van der Waals surface area contributed by atoms with Crippen LogP contribution in [0.4, 0.5) is 4.79 Å². The highest BCUT2D eigenvalue weighted by Gasteiger charge is 2.49. The van der Waals surface area contributed by atoms with Crippen LogP contribution in [-0.2, 0) is 25.6 Å². The number of benzene rings is 1. The number of ether oxygens (including phenoxy) is 3. The lowest BCUT2D eigenvalue weighted by Crippen LogP contribution is -2.53. The Kier molecular flexibility index (Phi) is 4.57. The summed E-state index contributed by atoms with van der Waals surface area (Å²) in [7, 11) is 0. The molecule has 1 aromatic carbocycles. The molecule has 0 spiro atoms. The number of amides is 1. The molecule has 0 unspecified atom stereocenters. The monoisotopic (exact) mass is 331 g/mol. The molecule has 0 bridgehead atoms. The standard InChI is InChI=1S/C18H21NO5/c1-18(2)19(17(21)22-11-13-7-4-3-5-8-13)14(12-23-18)15-9-6-10-16(20)24-15/h3-8,10,14-15H,9,11-12H2,1-2H3/t14-,15+/m1/s1. The van der Waals surface area contributed by atoms with E-state index in [0.717, 1.165) is 5.56 Å². The van der Waals surface area contributed by atoms with E-state index >= 15 is 0 Å². The van der Waals surface area contributed by atoms with Crippen molar-refractivity contribution in [3.8, 4) is 0 Å². The van der Waals surface area contributed by atoms with E-state index in [2.05, 4.69) is 0 Å². The Balaban J connectivity index is 1.70. The fourth-order valence-corrected chi connectivity index (χ4v) is 3.02. The Hall–Kier alpha value is -2.34. The summed E-state index contributed by atoms with van der Waals surface area (Å²) in [5.41, 5.74) is 0.0961. The van der Waals surface area contributed by atoms with Gasteiger partial charge in [0, 0.05) is 12.5 Å². The lowest BCUT2D eigenvalue weighted by molar-refractivity contribution is -0.147. The molecule has 1 saturated heterocycles. The normalized spacial score (nSPS) is 25.4. The largest absolute Gasteiger partial charge is 0.457 e. The second-order valence-corrected chi connectivity index (χ2v) is 6.35. The van der Waals surface area contributed by atoms with Crippen LogP contribution in [0.2, 0.25) is 0 Å². The molecule has 0 aliphatic carbocycles. The maximum atomic E-state index is 12.6. The van der Waals surface area contributed by atoms with Gasteiger partial charge in [0.2, 0.25) is 0 Å². The van der Waals surface area contributed by atoms with Gasteiger partial charge in [0.25, 0.3) is 0 Å². The zero-order valence-electron chi connectivity index (χ0n) is 13.8. The predicted molar refractivity (Wildman–Crippen MR) is 85.9 cm³/mol. The van der Waals surface area contributed by atoms with Crippen LogP contribution in [0.3, 0.4) is 0 Å². The van der Waals surface area contributed by atoms with Gasteiger partial charge in [-0.05, 0) is 19.4 Å². The SMILES string of the molecule is CC1(C)OC[C@H]([C@@H]2CC=CC(=O)O2)N1C(=O)OCc1ccccc1. The van der Waals surface area contributed by atoms with Crippen LogP contribution >= 0.6 is 0 Å². The highest BCUT2D eigenvalue weighted by Crippen LogP contribution is 2.32. The van der Waals surface area contributed by atoms with Crippen LogP contribution in [0.15, 0.2) is 42.5 Å². The second kappa shape index (κ2) is 6.65. The van der Waals surface area contributed by atoms with E-state index in [1.54, 1.807) is 19.9 Å². The summed E-state index contributed by atoms with van der Waals surface area (Å²) >= 11 is 0. The fraction of sp³-hybridized carbons (Fsp3) is 0.444. The molecule has 24 heavy (non-hydrogen) atoms. The summed E-state index contributed by atoms with van der Waals surface area (Å²) < 4.78 is 16.5. The lowest BCUT2D eigenvalue weighted by Gasteiger charge is -2.35. The molecule has 1 amide bonds. The van der Waals surface area contributed by atoms with Crippen LogP contribution in [-0.4, -0.2) is 41.4 Å². The molecule has 0 aromatic heterocycles. The molecule has 2 aliphatic rings. The minimum Gasteiger partial charge on any atom is -0.457 e. The van der Waals surface area contributed by atoms with Crippen molar-refractivity contribution in [3.05, 3.63) is 48.0 Å². The summed E-state index contributed by atoms with van der Waals surface area (Å²) in [6.07, 6.45) is 2.81. The van der Waals surface area contributed by atoms with Crippen molar-refractivity contribution < 1.29 is 23.8 Å². The molecule has 2 aliphatic heterocycles. The molecular formula is C18H21NO5. The molecule has 2 heterocycles. The Labute approximate surface area is 141 Å². The van der Waals surface area contributed by atoms with Gasteiger partial charge in [-0.2, -0.15) is 0 Å². The van der Waals surface area contributed by atoms with Gasteiger partial charge in [-0.3, -0.25) is 4.90 Å². The number of nitrogens with zero attached hydrogens (tertiary/aromatic N) is 1. The molecule has 1 aromatic rings. The van der Waals surface area contributed by atoms with Crippen molar-refractivity contribution in [1.82, 2.24) is 4.90 Å². The maximum absolute atomic E-state index is 12.6. The first-order valence-electron chi connectivity index (χ1n) is 7.98. The van der Waals surface area contributed by atoms with Gasteiger partial charge < -0.3 is 14.2 Å². The number of esters is 1.